The number of hydrogen-bond acceptors (Lipinski definition) is 4. The lowest BCUT2D eigenvalue weighted by molar-refractivity contribution is -0.164. The van der Waals surface area contributed by atoms with Gasteiger partial charge in [-0.15, -0.1) is 0 Å². The maximum Gasteiger partial charge on any atom is 0.116 e. The quantitative estimate of drug-likeness (QED) is 0.456. The van der Waals surface area contributed by atoms with Gasteiger partial charge in [-0.3, -0.25) is 0 Å². The van der Waals surface area contributed by atoms with E-state index in [2.05, 4.69) is 0 Å². The van der Waals surface area contributed by atoms with Crippen molar-refractivity contribution in [2.75, 3.05) is 0 Å². The first-order valence-electron chi connectivity index (χ1n) is 4.10. The third-order valence-electron chi connectivity index (χ3n) is 2.12. The molecule has 74 valence electrons. The Balaban J connectivity index is 4.37. The summed E-state index contributed by atoms with van der Waals surface area (Å²) in [5.74, 6) is 0. The van der Waals surface area contributed by atoms with Crippen molar-refractivity contribution in [3.8, 4) is 0 Å². The first-order valence-corrected chi connectivity index (χ1v) is 4.10. The van der Waals surface area contributed by atoms with Crippen LogP contribution in [0.1, 0.15) is 27.2 Å². The van der Waals surface area contributed by atoms with Crippen LogP contribution in [0.4, 0.5) is 0 Å². The van der Waals surface area contributed by atoms with Crippen molar-refractivity contribution in [3.05, 3.63) is 0 Å². The molecular formula is C8H18O4. The summed E-state index contributed by atoms with van der Waals surface area (Å²) in [6, 6.07) is 0. The SMILES string of the molecule is CC[C@@H](O)[C@@](C)(O)[C@H](O)[C@@H](C)O. The lowest BCUT2D eigenvalue weighted by Crippen LogP contribution is -2.53. The minimum atomic E-state index is -1.65. The molecule has 0 unspecified atom stereocenters. The van der Waals surface area contributed by atoms with E-state index in [4.69, 9.17) is 5.11 Å². The molecule has 0 aliphatic carbocycles. The smallest absolute Gasteiger partial charge is 0.116 e. The Labute approximate surface area is 72.5 Å². The van der Waals surface area contributed by atoms with E-state index in [0.717, 1.165) is 0 Å². The molecule has 4 N–H and O–H groups in total. The molecule has 4 nitrogen and oxygen atoms in total. The zero-order valence-corrected chi connectivity index (χ0v) is 7.73. The van der Waals surface area contributed by atoms with Gasteiger partial charge in [-0.25, -0.2) is 0 Å². The molecule has 0 bridgehead atoms. The van der Waals surface area contributed by atoms with Crippen LogP contribution < -0.4 is 0 Å². The van der Waals surface area contributed by atoms with Crippen LogP contribution in [0.25, 0.3) is 0 Å². The molecule has 0 heterocycles. The zero-order valence-electron chi connectivity index (χ0n) is 7.73. The molecule has 12 heavy (non-hydrogen) atoms. The standard InChI is InChI=1S/C8H18O4/c1-4-6(10)8(3,12)7(11)5(2)9/h5-7,9-12H,4H2,1-3H3/t5-,6-,7-,8-/m1/s1. The van der Waals surface area contributed by atoms with Gasteiger partial charge in [-0.1, -0.05) is 6.92 Å². The number of aliphatic hydroxyl groups excluding tert-OH is 3. The van der Waals surface area contributed by atoms with Crippen molar-refractivity contribution in [2.24, 2.45) is 0 Å². The molecule has 0 spiro atoms. The van der Waals surface area contributed by atoms with Gasteiger partial charge >= 0.3 is 0 Å². The Morgan fingerprint density at radius 1 is 1.25 bits per heavy atom. The van der Waals surface area contributed by atoms with Gasteiger partial charge in [-0.05, 0) is 20.3 Å². The first-order chi connectivity index (χ1) is 5.34. The van der Waals surface area contributed by atoms with Crippen molar-refractivity contribution in [3.63, 3.8) is 0 Å². The molecule has 0 fully saturated rings. The summed E-state index contributed by atoms with van der Waals surface area (Å²) < 4.78 is 0. The summed E-state index contributed by atoms with van der Waals surface area (Å²) in [4.78, 5) is 0. The maximum absolute atomic E-state index is 9.56. The van der Waals surface area contributed by atoms with Crippen molar-refractivity contribution < 1.29 is 20.4 Å². The van der Waals surface area contributed by atoms with E-state index >= 15 is 0 Å². The molecular weight excluding hydrogens is 160 g/mol. The number of hydrogen-bond donors (Lipinski definition) is 4. The maximum atomic E-state index is 9.56. The summed E-state index contributed by atoms with van der Waals surface area (Å²) in [6.45, 7) is 4.36. The molecule has 4 heteroatoms. The summed E-state index contributed by atoms with van der Waals surface area (Å²) in [6.07, 6.45) is -3.08. The minimum Gasteiger partial charge on any atom is -0.391 e. The van der Waals surface area contributed by atoms with Gasteiger partial charge in [-0.2, -0.15) is 0 Å². The van der Waals surface area contributed by atoms with E-state index in [-0.39, 0.29) is 0 Å². The van der Waals surface area contributed by atoms with Crippen LogP contribution in [0, 0.1) is 0 Å². The van der Waals surface area contributed by atoms with E-state index in [0.29, 0.717) is 6.42 Å². The molecule has 0 saturated heterocycles. The Kier molecular flexibility index (Phi) is 4.13. The number of rotatable bonds is 4. The van der Waals surface area contributed by atoms with E-state index in [1.165, 1.54) is 13.8 Å². The predicted molar refractivity (Wildman–Crippen MR) is 44.6 cm³/mol. The highest BCUT2D eigenvalue weighted by Gasteiger charge is 2.39. The second-order valence-corrected chi connectivity index (χ2v) is 3.34. The van der Waals surface area contributed by atoms with Crippen LogP contribution in [-0.4, -0.2) is 44.3 Å². The van der Waals surface area contributed by atoms with Crippen LogP contribution in [0.2, 0.25) is 0 Å². The van der Waals surface area contributed by atoms with Crippen LogP contribution >= 0.6 is 0 Å². The number of aliphatic hydroxyl groups is 4. The van der Waals surface area contributed by atoms with E-state index in [1.54, 1.807) is 6.92 Å². The molecule has 0 rings (SSSR count). The summed E-state index contributed by atoms with van der Waals surface area (Å²) in [5, 5.41) is 37.1. The Morgan fingerprint density at radius 3 is 1.92 bits per heavy atom. The third kappa shape index (κ3) is 2.42. The molecule has 4 atom stereocenters. The van der Waals surface area contributed by atoms with Gasteiger partial charge in [0.25, 0.3) is 0 Å². The van der Waals surface area contributed by atoms with E-state index in [9.17, 15) is 15.3 Å². The monoisotopic (exact) mass is 178 g/mol. The second kappa shape index (κ2) is 4.18. The molecule has 0 aliphatic rings. The molecule has 0 aromatic carbocycles. The molecule has 0 aromatic heterocycles. The van der Waals surface area contributed by atoms with Crippen LogP contribution in [-0.2, 0) is 0 Å². The zero-order chi connectivity index (χ0) is 9.94. The Hall–Kier alpha value is -0.160. The van der Waals surface area contributed by atoms with Crippen molar-refractivity contribution >= 4 is 0 Å². The Bertz CT molecular complexity index is 133. The Morgan fingerprint density at radius 2 is 1.67 bits per heavy atom. The van der Waals surface area contributed by atoms with Crippen molar-refractivity contribution in [1.29, 1.82) is 0 Å². The van der Waals surface area contributed by atoms with Gasteiger partial charge in [0.15, 0.2) is 0 Å². The fraction of sp³-hybridized carbons (Fsp3) is 1.00. The summed E-state index contributed by atoms with van der Waals surface area (Å²) in [7, 11) is 0. The van der Waals surface area contributed by atoms with Crippen molar-refractivity contribution in [1.82, 2.24) is 0 Å². The lowest BCUT2D eigenvalue weighted by Gasteiger charge is -2.34. The lowest BCUT2D eigenvalue weighted by atomic mass is 9.88. The third-order valence-corrected chi connectivity index (χ3v) is 2.12. The largest absolute Gasteiger partial charge is 0.391 e. The van der Waals surface area contributed by atoms with Gasteiger partial charge in [0.1, 0.15) is 11.7 Å². The first kappa shape index (κ1) is 11.8. The van der Waals surface area contributed by atoms with Crippen LogP contribution in [0.15, 0.2) is 0 Å². The second-order valence-electron chi connectivity index (χ2n) is 3.34. The fourth-order valence-electron chi connectivity index (χ4n) is 1.10. The van der Waals surface area contributed by atoms with Gasteiger partial charge in [0.05, 0.1) is 12.2 Å². The highest BCUT2D eigenvalue weighted by molar-refractivity contribution is 4.90. The highest BCUT2D eigenvalue weighted by Crippen LogP contribution is 2.19. The van der Waals surface area contributed by atoms with E-state index in [1.807, 2.05) is 0 Å². The average molecular weight is 178 g/mol. The summed E-state index contributed by atoms with van der Waals surface area (Å²) in [5.41, 5.74) is -1.65. The summed E-state index contributed by atoms with van der Waals surface area (Å²) >= 11 is 0. The predicted octanol–water partition coefficient (Wildman–Crippen LogP) is -0.750. The van der Waals surface area contributed by atoms with Gasteiger partial charge < -0.3 is 20.4 Å². The van der Waals surface area contributed by atoms with Gasteiger partial charge in [0, 0.05) is 0 Å². The molecule has 0 aromatic rings. The van der Waals surface area contributed by atoms with Crippen molar-refractivity contribution in [2.45, 2.75) is 51.1 Å². The minimum absolute atomic E-state index is 0.330. The molecule has 0 radical (unpaired) electrons. The molecule has 0 aliphatic heterocycles. The molecule has 0 saturated carbocycles. The normalized spacial score (nSPS) is 24.2. The highest BCUT2D eigenvalue weighted by atomic mass is 16.4. The van der Waals surface area contributed by atoms with Gasteiger partial charge in [0.2, 0.25) is 0 Å². The fourth-order valence-corrected chi connectivity index (χ4v) is 1.10. The molecule has 0 amide bonds. The topological polar surface area (TPSA) is 80.9 Å². The van der Waals surface area contributed by atoms with Crippen LogP contribution in [0.3, 0.4) is 0 Å². The average Bonchev–Trinajstić information content (AvgIpc) is 2.01. The van der Waals surface area contributed by atoms with Crippen LogP contribution in [0.5, 0.6) is 0 Å². The van der Waals surface area contributed by atoms with E-state index < -0.39 is 23.9 Å².